The molecule has 1 aromatic rings. The van der Waals surface area contributed by atoms with Gasteiger partial charge in [0.05, 0.1) is 7.11 Å². The smallest absolute Gasteiger partial charge is 0.318 e. The molecule has 2 amide bonds. The summed E-state index contributed by atoms with van der Waals surface area (Å²) in [6, 6.07) is 6.83. The molecule has 0 radical (unpaired) electrons. The molecule has 16 heavy (non-hydrogen) atoms. The largest absolute Gasteiger partial charge is 0.497 e. The molecule has 0 spiro atoms. The molecule has 0 aliphatic rings. The third-order valence-corrected chi connectivity index (χ3v) is 2.10. The lowest BCUT2D eigenvalue weighted by Crippen LogP contribution is -2.41. The fourth-order valence-corrected chi connectivity index (χ4v) is 1.25. The van der Waals surface area contributed by atoms with Crippen molar-refractivity contribution in [1.82, 2.24) is 10.6 Å². The van der Waals surface area contributed by atoms with E-state index in [9.17, 15) is 4.79 Å². The number of methoxy groups -OCH3 is 1. The number of urea groups is 1. The van der Waals surface area contributed by atoms with Crippen LogP contribution in [0.1, 0.15) is 5.56 Å². The Labute approximate surface area is 99.0 Å². The lowest BCUT2D eigenvalue weighted by atomic mass is 10.2. The van der Waals surface area contributed by atoms with Gasteiger partial charge in [-0.2, -0.15) is 0 Å². The van der Waals surface area contributed by atoms with Crippen LogP contribution in [-0.4, -0.2) is 18.3 Å². The molecular formula is C10H13N3O2S. The van der Waals surface area contributed by atoms with Crippen LogP contribution in [0.3, 0.4) is 0 Å². The van der Waals surface area contributed by atoms with Crippen LogP contribution in [0.25, 0.3) is 0 Å². The van der Waals surface area contributed by atoms with E-state index in [0.717, 1.165) is 11.3 Å². The highest BCUT2D eigenvalue weighted by atomic mass is 32.1. The lowest BCUT2D eigenvalue weighted by Gasteiger charge is -2.08. The fraction of sp³-hybridized carbons (Fsp3) is 0.200. The Balaban J connectivity index is 2.42. The van der Waals surface area contributed by atoms with E-state index in [0.29, 0.717) is 6.54 Å². The molecule has 0 aliphatic heterocycles. The van der Waals surface area contributed by atoms with Crippen molar-refractivity contribution >= 4 is 23.4 Å². The molecule has 1 rings (SSSR count). The molecule has 0 heterocycles. The minimum absolute atomic E-state index is 0.211. The van der Waals surface area contributed by atoms with Crippen LogP contribution < -0.4 is 21.1 Å². The summed E-state index contributed by atoms with van der Waals surface area (Å²) in [6.07, 6.45) is 0. The average Bonchev–Trinajstić information content (AvgIpc) is 2.26. The predicted molar refractivity (Wildman–Crippen MR) is 65.2 cm³/mol. The van der Waals surface area contributed by atoms with E-state index in [1.807, 2.05) is 24.3 Å². The minimum Gasteiger partial charge on any atom is -0.497 e. The molecule has 1 aromatic carbocycles. The van der Waals surface area contributed by atoms with Gasteiger partial charge in [-0.1, -0.05) is 12.1 Å². The van der Waals surface area contributed by atoms with Crippen molar-refractivity contribution in [1.29, 1.82) is 0 Å². The highest BCUT2D eigenvalue weighted by Crippen LogP contribution is 2.10. The predicted octanol–water partition coefficient (Wildman–Crippen LogP) is 0.738. The second-order valence-corrected chi connectivity index (χ2v) is 3.43. The van der Waals surface area contributed by atoms with Crippen molar-refractivity contribution in [2.75, 3.05) is 7.11 Å². The number of ether oxygens (including phenoxy) is 1. The van der Waals surface area contributed by atoms with E-state index in [1.165, 1.54) is 0 Å². The summed E-state index contributed by atoms with van der Waals surface area (Å²) in [5, 5.41) is 5.33. The number of amides is 2. The second kappa shape index (κ2) is 5.92. The first kappa shape index (κ1) is 12.3. The topological polar surface area (TPSA) is 76.4 Å². The van der Waals surface area contributed by atoms with Gasteiger partial charge >= 0.3 is 6.03 Å². The molecule has 0 saturated heterocycles. The summed E-state index contributed by atoms with van der Waals surface area (Å²) in [4.78, 5) is 10.5. The van der Waals surface area contributed by atoms with Crippen molar-refractivity contribution in [2.24, 2.45) is 5.73 Å². The number of benzene rings is 1. The Morgan fingerprint density at radius 3 is 2.56 bits per heavy atom. The third-order valence-electron chi connectivity index (χ3n) is 1.85. The van der Waals surface area contributed by atoms with Crippen LogP contribution >= 0.6 is 12.2 Å². The zero-order valence-electron chi connectivity index (χ0n) is 8.82. The molecule has 6 heteroatoms. The molecule has 0 unspecified atom stereocenters. The Morgan fingerprint density at radius 2 is 2.06 bits per heavy atom. The van der Waals surface area contributed by atoms with E-state index in [4.69, 9.17) is 22.7 Å². The number of thiocarbonyl (C=S) groups is 1. The zero-order valence-corrected chi connectivity index (χ0v) is 9.64. The van der Waals surface area contributed by atoms with Crippen molar-refractivity contribution in [3.63, 3.8) is 0 Å². The van der Waals surface area contributed by atoms with E-state index in [1.54, 1.807) is 7.11 Å². The summed E-state index contributed by atoms with van der Waals surface area (Å²) >= 11 is 4.83. The van der Waals surface area contributed by atoms with Crippen LogP contribution in [0.15, 0.2) is 24.3 Å². The first-order valence-corrected chi connectivity index (χ1v) is 5.00. The highest BCUT2D eigenvalue weighted by molar-refractivity contribution is 7.80. The fourth-order valence-electron chi connectivity index (χ4n) is 1.08. The summed E-state index contributed by atoms with van der Waals surface area (Å²) in [5.74, 6) is 0.793. The van der Waals surface area contributed by atoms with Crippen LogP contribution in [0.2, 0.25) is 0 Å². The van der Waals surface area contributed by atoms with Gasteiger partial charge in [0.2, 0.25) is 0 Å². The summed E-state index contributed by atoms with van der Waals surface area (Å²) in [5.41, 5.74) is 5.93. The minimum atomic E-state index is -0.674. The molecule has 0 fully saturated rings. The molecular weight excluding hydrogens is 226 g/mol. The van der Waals surface area contributed by atoms with Crippen molar-refractivity contribution < 1.29 is 9.53 Å². The van der Waals surface area contributed by atoms with Crippen LogP contribution in [0.5, 0.6) is 5.75 Å². The van der Waals surface area contributed by atoms with Gasteiger partial charge in [-0.05, 0) is 29.9 Å². The molecule has 5 nitrogen and oxygen atoms in total. The van der Waals surface area contributed by atoms with Gasteiger partial charge in [0, 0.05) is 6.54 Å². The van der Waals surface area contributed by atoms with E-state index in [2.05, 4.69) is 10.6 Å². The molecule has 0 aliphatic carbocycles. The van der Waals surface area contributed by atoms with Gasteiger partial charge in [0.25, 0.3) is 0 Å². The summed E-state index contributed by atoms with van der Waals surface area (Å²) in [6.45, 7) is 0.517. The van der Waals surface area contributed by atoms with Gasteiger partial charge < -0.3 is 15.8 Å². The van der Waals surface area contributed by atoms with Crippen LogP contribution in [0.4, 0.5) is 4.79 Å². The Hall–Kier alpha value is -1.82. The maximum Gasteiger partial charge on any atom is 0.318 e. The molecule has 0 aromatic heterocycles. The monoisotopic (exact) mass is 239 g/mol. The van der Waals surface area contributed by atoms with Crippen molar-refractivity contribution in [2.45, 2.75) is 6.54 Å². The number of hydrogen-bond acceptors (Lipinski definition) is 3. The zero-order chi connectivity index (χ0) is 12.0. The first-order valence-electron chi connectivity index (χ1n) is 4.59. The molecule has 0 saturated carbocycles. The maximum absolute atomic E-state index is 10.5. The lowest BCUT2D eigenvalue weighted by molar-refractivity contribution is 0.253. The van der Waals surface area contributed by atoms with E-state index in [-0.39, 0.29) is 5.11 Å². The second-order valence-electron chi connectivity index (χ2n) is 3.02. The number of primary amides is 1. The number of nitrogens with two attached hydrogens (primary N) is 1. The summed E-state index contributed by atoms with van der Waals surface area (Å²) < 4.78 is 5.03. The van der Waals surface area contributed by atoms with Crippen LogP contribution in [-0.2, 0) is 6.54 Å². The van der Waals surface area contributed by atoms with E-state index < -0.39 is 6.03 Å². The summed E-state index contributed by atoms with van der Waals surface area (Å²) in [7, 11) is 1.61. The van der Waals surface area contributed by atoms with Gasteiger partial charge in [-0.3, -0.25) is 5.32 Å². The molecule has 0 atom stereocenters. The molecule has 4 N–H and O–H groups in total. The Morgan fingerprint density at radius 1 is 1.44 bits per heavy atom. The number of carbonyl (C=O) groups excluding carboxylic acids is 1. The number of hydrogen-bond donors (Lipinski definition) is 3. The van der Waals surface area contributed by atoms with Crippen molar-refractivity contribution in [3.8, 4) is 5.75 Å². The standard InChI is InChI=1S/C10H13N3O2S/c1-15-8-4-2-7(3-5-8)6-12-10(16)13-9(11)14/h2-5H,6H2,1H3,(H4,11,12,13,14,16). The van der Waals surface area contributed by atoms with Crippen LogP contribution in [0, 0.1) is 0 Å². The number of rotatable bonds is 3. The maximum atomic E-state index is 10.5. The molecule has 0 bridgehead atoms. The Bertz CT molecular complexity index is 378. The SMILES string of the molecule is COc1ccc(CNC(=S)NC(N)=O)cc1. The highest BCUT2D eigenvalue weighted by Gasteiger charge is 1.99. The number of carbonyl (C=O) groups is 1. The van der Waals surface area contributed by atoms with Gasteiger partial charge in [-0.15, -0.1) is 0 Å². The molecule has 86 valence electrons. The third kappa shape index (κ3) is 4.14. The van der Waals surface area contributed by atoms with Gasteiger partial charge in [0.15, 0.2) is 5.11 Å². The van der Waals surface area contributed by atoms with Gasteiger partial charge in [0.1, 0.15) is 5.75 Å². The average molecular weight is 239 g/mol. The van der Waals surface area contributed by atoms with E-state index >= 15 is 0 Å². The number of nitrogens with one attached hydrogen (secondary N) is 2. The van der Waals surface area contributed by atoms with Crippen molar-refractivity contribution in [3.05, 3.63) is 29.8 Å². The normalized spacial score (nSPS) is 9.31. The first-order chi connectivity index (χ1) is 7.61. The Kier molecular flexibility index (Phi) is 4.53. The quantitative estimate of drug-likeness (QED) is 0.680. The van der Waals surface area contributed by atoms with Gasteiger partial charge in [-0.25, -0.2) is 4.79 Å².